The van der Waals surface area contributed by atoms with Crippen LogP contribution in [-0.2, 0) is 9.53 Å². The number of nitrogens with two attached hydrogens (primary N) is 2. The smallest absolute Gasteiger partial charge is 0.233 e. The molecule has 0 radical (unpaired) electrons. The average molecular weight is 347 g/mol. The van der Waals surface area contributed by atoms with Gasteiger partial charge in [0.2, 0.25) is 11.8 Å². The zero-order valence-electron chi connectivity index (χ0n) is 14.3. The van der Waals surface area contributed by atoms with Gasteiger partial charge in [0, 0.05) is 6.42 Å². The number of carbonyl (C=O) groups is 1. The molecule has 0 spiro atoms. The topological polar surface area (TPSA) is 90.7 Å². The monoisotopic (exact) mass is 347 g/mol. The number of benzene rings is 2. The molecule has 5 nitrogen and oxygen atoms in total. The lowest BCUT2D eigenvalue weighted by Crippen LogP contribution is -2.13. The molecule has 132 valence electrons. The van der Waals surface area contributed by atoms with Crippen molar-refractivity contribution >= 4 is 11.8 Å². The summed E-state index contributed by atoms with van der Waals surface area (Å²) in [6, 6.07) is 19.8. The third kappa shape index (κ3) is 4.19. The van der Waals surface area contributed by atoms with Crippen molar-refractivity contribution in [3.8, 4) is 0 Å². The lowest BCUT2D eigenvalue weighted by molar-refractivity contribution is -0.117. The van der Waals surface area contributed by atoms with E-state index in [0.717, 1.165) is 11.1 Å². The van der Waals surface area contributed by atoms with Crippen molar-refractivity contribution in [1.29, 1.82) is 0 Å². The van der Waals surface area contributed by atoms with E-state index in [2.05, 4.69) is 0 Å². The standard InChI is InChI=1S/C21H21N3O2/c22-17(13-7-8-14-18(23)25)21-24-19(15-9-3-1-4-10-15)20(26-21)16-11-5-2-6-12-16/h1-13,19-20H,14,22H2,(H2,23,25)/b8-7-,17-13-. The SMILES string of the molecule is NC(=O)C/C=C\C=C(/N)C1=NC(c2ccccc2)C(c2ccccc2)O1. The van der Waals surface area contributed by atoms with E-state index in [1.165, 1.54) is 0 Å². The largest absolute Gasteiger partial charge is 0.466 e. The maximum Gasteiger partial charge on any atom is 0.233 e. The summed E-state index contributed by atoms with van der Waals surface area (Å²) in [6.07, 6.45) is 4.91. The van der Waals surface area contributed by atoms with Crippen molar-refractivity contribution in [2.45, 2.75) is 18.6 Å². The molecule has 2 atom stereocenters. The Bertz CT molecular complexity index is 842. The average Bonchev–Trinajstić information content (AvgIpc) is 3.12. The Morgan fingerprint density at radius 1 is 1.00 bits per heavy atom. The molecule has 0 aliphatic carbocycles. The van der Waals surface area contributed by atoms with E-state index in [-0.39, 0.29) is 18.6 Å². The van der Waals surface area contributed by atoms with Crippen LogP contribution in [0, 0.1) is 0 Å². The van der Waals surface area contributed by atoms with Crippen LogP contribution in [-0.4, -0.2) is 11.8 Å². The third-order valence-electron chi connectivity index (χ3n) is 4.03. The number of rotatable bonds is 6. The minimum Gasteiger partial charge on any atom is -0.466 e. The number of carbonyl (C=O) groups excluding carboxylic acids is 1. The fourth-order valence-corrected chi connectivity index (χ4v) is 2.77. The molecule has 1 amide bonds. The number of hydrogen-bond donors (Lipinski definition) is 2. The van der Waals surface area contributed by atoms with Crippen LogP contribution in [0.25, 0.3) is 0 Å². The van der Waals surface area contributed by atoms with Crippen LogP contribution in [0.15, 0.2) is 89.6 Å². The predicted octanol–water partition coefficient (Wildman–Crippen LogP) is 3.17. The fraction of sp³-hybridized carbons (Fsp3) is 0.143. The van der Waals surface area contributed by atoms with Gasteiger partial charge >= 0.3 is 0 Å². The van der Waals surface area contributed by atoms with E-state index in [4.69, 9.17) is 21.2 Å². The van der Waals surface area contributed by atoms with Crippen LogP contribution in [0.1, 0.15) is 29.7 Å². The highest BCUT2D eigenvalue weighted by Crippen LogP contribution is 2.40. The summed E-state index contributed by atoms with van der Waals surface area (Å²) < 4.78 is 6.09. The number of hydrogen-bond acceptors (Lipinski definition) is 4. The van der Waals surface area contributed by atoms with E-state index < -0.39 is 5.91 Å². The summed E-state index contributed by atoms with van der Waals surface area (Å²) in [6.45, 7) is 0. The predicted molar refractivity (Wildman–Crippen MR) is 102 cm³/mol. The van der Waals surface area contributed by atoms with Gasteiger partial charge in [0.25, 0.3) is 0 Å². The number of aliphatic imine (C=N–C) groups is 1. The van der Waals surface area contributed by atoms with Crippen LogP contribution in [0.2, 0.25) is 0 Å². The highest BCUT2D eigenvalue weighted by Gasteiger charge is 2.34. The molecule has 1 heterocycles. The van der Waals surface area contributed by atoms with E-state index in [1.807, 2.05) is 60.7 Å². The second kappa shape index (κ2) is 8.16. The molecule has 0 fully saturated rings. The first-order chi connectivity index (χ1) is 12.6. The number of amides is 1. The van der Waals surface area contributed by atoms with Gasteiger partial charge < -0.3 is 16.2 Å². The fourth-order valence-electron chi connectivity index (χ4n) is 2.77. The molecule has 2 aromatic rings. The minimum absolute atomic E-state index is 0.163. The van der Waals surface area contributed by atoms with E-state index in [0.29, 0.717) is 11.6 Å². The van der Waals surface area contributed by atoms with Crippen LogP contribution >= 0.6 is 0 Å². The summed E-state index contributed by atoms with van der Waals surface area (Å²) in [5, 5.41) is 0. The molecule has 4 N–H and O–H groups in total. The number of ether oxygens (including phenoxy) is 1. The van der Waals surface area contributed by atoms with Gasteiger partial charge in [-0.15, -0.1) is 0 Å². The molecular formula is C21H21N3O2. The second-order valence-corrected chi connectivity index (χ2v) is 5.96. The van der Waals surface area contributed by atoms with Gasteiger partial charge in [-0.1, -0.05) is 72.8 Å². The van der Waals surface area contributed by atoms with Crippen LogP contribution < -0.4 is 11.5 Å². The van der Waals surface area contributed by atoms with Crippen LogP contribution in [0.3, 0.4) is 0 Å². The van der Waals surface area contributed by atoms with Gasteiger partial charge in [0.05, 0.1) is 5.70 Å². The van der Waals surface area contributed by atoms with Gasteiger partial charge in [-0.25, -0.2) is 4.99 Å². The molecule has 0 saturated heterocycles. The van der Waals surface area contributed by atoms with Crippen LogP contribution in [0.5, 0.6) is 0 Å². The summed E-state index contributed by atoms with van der Waals surface area (Å²) in [5.41, 5.74) is 13.7. The first-order valence-corrected chi connectivity index (χ1v) is 8.40. The number of nitrogens with zero attached hydrogens (tertiary/aromatic N) is 1. The number of primary amides is 1. The Balaban J connectivity index is 1.86. The summed E-state index contributed by atoms with van der Waals surface area (Å²) in [5.74, 6) is 0.00685. The van der Waals surface area contributed by atoms with Crippen molar-refractivity contribution in [1.82, 2.24) is 0 Å². The third-order valence-corrected chi connectivity index (χ3v) is 4.03. The second-order valence-electron chi connectivity index (χ2n) is 5.96. The molecule has 0 bridgehead atoms. The van der Waals surface area contributed by atoms with Crippen molar-refractivity contribution in [3.63, 3.8) is 0 Å². The Hall–Kier alpha value is -3.34. The zero-order chi connectivity index (χ0) is 18.4. The Morgan fingerprint density at radius 2 is 1.62 bits per heavy atom. The molecule has 2 unspecified atom stereocenters. The normalized spacial score (nSPS) is 20.0. The molecule has 0 saturated carbocycles. The molecule has 0 aromatic heterocycles. The lowest BCUT2D eigenvalue weighted by Gasteiger charge is -2.18. The highest BCUT2D eigenvalue weighted by molar-refractivity contribution is 5.94. The first-order valence-electron chi connectivity index (χ1n) is 8.40. The minimum atomic E-state index is -0.393. The van der Waals surface area contributed by atoms with Gasteiger partial charge in [0.15, 0.2) is 6.10 Å². The molecule has 1 aliphatic heterocycles. The van der Waals surface area contributed by atoms with E-state index in [1.54, 1.807) is 18.2 Å². The van der Waals surface area contributed by atoms with Crippen molar-refractivity contribution in [3.05, 3.63) is 95.7 Å². The molecular weight excluding hydrogens is 326 g/mol. The van der Waals surface area contributed by atoms with Crippen LogP contribution in [0.4, 0.5) is 0 Å². The maximum atomic E-state index is 10.8. The Labute approximate surface area is 152 Å². The highest BCUT2D eigenvalue weighted by atomic mass is 16.5. The zero-order valence-corrected chi connectivity index (χ0v) is 14.3. The van der Waals surface area contributed by atoms with Gasteiger partial charge in [-0.05, 0) is 17.2 Å². The van der Waals surface area contributed by atoms with Crippen molar-refractivity contribution < 1.29 is 9.53 Å². The van der Waals surface area contributed by atoms with Gasteiger partial charge in [-0.3, -0.25) is 4.79 Å². The number of allylic oxidation sites excluding steroid dienone is 2. The quantitative estimate of drug-likeness (QED) is 0.786. The van der Waals surface area contributed by atoms with E-state index in [9.17, 15) is 4.79 Å². The molecule has 26 heavy (non-hydrogen) atoms. The van der Waals surface area contributed by atoms with Crippen molar-refractivity contribution in [2.24, 2.45) is 16.5 Å². The van der Waals surface area contributed by atoms with Gasteiger partial charge in [0.1, 0.15) is 6.04 Å². The Morgan fingerprint density at radius 3 is 2.23 bits per heavy atom. The summed E-state index contributed by atoms with van der Waals surface area (Å²) in [7, 11) is 0. The van der Waals surface area contributed by atoms with E-state index >= 15 is 0 Å². The summed E-state index contributed by atoms with van der Waals surface area (Å²) >= 11 is 0. The lowest BCUT2D eigenvalue weighted by atomic mass is 9.97. The maximum absolute atomic E-state index is 10.8. The Kier molecular flexibility index (Phi) is 5.49. The molecule has 5 heteroatoms. The first kappa shape index (κ1) is 17.5. The summed E-state index contributed by atoms with van der Waals surface area (Å²) in [4.78, 5) is 15.5. The molecule has 2 aromatic carbocycles. The molecule has 1 aliphatic rings. The molecule has 3 rings (SSSR count). The van der Waals surface area contributed by atoms with Crippen molar-refractivity contribution in [2.75, 3.05) is 0 Å². The van der Waals surface area contributed by atoms with Gasteiger partial charge in [-0.2, -0.15) is 0 Å².